The van der Waals surface area contributed by atoms with Crippen LogP contribution in [0.5, 0.6) is 11.5 Å². The van der Waals surface area contributed by atoms with Crippen molar-refractivity contribution in [3.63, 3.8) is 0 Å². The van der Waals surface area contributed by atoms with Crippen molar-refractivity contribution in [2.24, 2.45) is 0 Å². The lowest BCUT2D eigenvalue weighted by Crippen LogP contribution is -2.03. The molecule has 0 saturated heterocycles. The van der Waals surface area contributed by atoms with Crippen LogP contribution in [0, 0.1) is 6.92 Å². The van der Waals surface area contributed by atoms with E-state index in [0.717, 1.165) is 11.1 Å². The van der Waals surface area contributed by atoms with Crippen LogP contribution in [0.2, 0.25) is 0 Å². The molecule has 0 radical (unpaired) electrons. The van der Waals surface area contributed by atoms with Crippen molar-refractivity contribution in [2.75, 3.05) is 7.11 Å². The highest BCUT2D eigenvalue weighted by atomic mass is 35.5. The summed E-state index contributed by atoms with van der Waals surface area (Å²) in [6.45, 7) is 3.88. The van der Waals surface area contributed by atoms with E-state index in [-0.39, 0.29) is 29.6 Å². The average molecular weight is 339 g/mol. The summed E-state index contributed by atoms with van der Waals surface area (Å²) in [4.78, 5) is 22.6. The number of carbonyl (C=O) groups is 2. The molecule has 2 rings (SSSR count). The number of phenolic OH excluding ortho intramolecular Hbond substituents is 1. The van der Waals surface area contributed by atoms with Crippen LogP contribution in [-0.4, -0.2) is 23.4 Å². The van der Waals surface area contributed by atoms with Crippen LogP contribution in [0.4, 0.5) is 0 Å². The number of allylic oxidation sites excluding steroid dienone is 2. The van der Waals surface area contributed by atoms with Crippen molar-refractivity contribution in [2.45, 2.75) is 39.7 Å². The Hall–Kier alpha value is -2.01. The molecule has 0 amide bonds. The van der Waals surface area contributed by atoms with Gasteiger partial charge in [-0.3, -0.25) is 4.79 Å². The van der Waals surface area contributed by atoms with Crippen molar-refractivity contribution in [3.8, 4) is 11.5 Å². The fraction of sp³-hybridized carbons (Fsp3) is 0.412. The highest BCUT2D eigenvalue weighted by molar-refractivity contribution is 6.63. The standard InChI is InChI=1S/C17H19ClO5/c1-9(5-7-13(18)19)4-6-11-15(20)14-12(8-23-17(14)21)10(2)16(11)22-3/h4,20H,5-8H2,1-3H3. The molecule has 0 bridgehead atoms. The molecule has 0 saturated carbocycles. The molecule has 5 nitrogen and oxygen atoms in total. The van der Waals surface area contributed by atoms with Gasteiger partial charge in [0.25, 0.3) is 0 Å². The van der Waals surface area contributed by atoms with Gasteiger partial charge in [-0.05, 0) is 43.9 Å². The Balaban J connectivity index is 2.37. The van der Waals surface area contributed by atoms with E-state index >= 15 is 0 Å². The normalized spacial score (nSPS) is 13.7. The molecule has 1 aliphatic rings. The van der Waals surface area contributed by atoms with E-state index in [1.807, 2.05) is 19.9 Å². The zero-order valence-corrected chi connectivity index (χ0v) is 14.1. The smallest absolute Gasteiger partial charge is 0.342 e. The molecule has 1 N–H and O–H groups in total. The molecule has 1 aromatic carbocycles. The third-order valence-electron chi connectivity index (χ3n) is 4.02. The average Bonchev–Trinajstić information content (AvgIpc) is 2.89. The zero-order valence-electron chi connectivity index (χ0n) is 13.4. The van der Waals surface area contributed by atoms with Crippen molar-refractivity contribution in [3.05, 3.63) is 33.9 Å². The minimum absolute atomic E-state index is 0.0950. The van der Waals surface area contributed by atoms with Crippen LogP contribution in [0.25, 0.3) is 0 Å². The number of ether oxygens (including phenoxy) is 2. The lowest BCUT2D eigenvalue weighted by molar-refractivity contribution is -0.111. The van der Waals surface area contributed by atoms with Crippen molar-refractivity contribution < 1.29 is 24.2 Å². The van der Waals surface area contributed by atoms with Gasteiger partial charge in [-0.2, -0.15) is 0 Å². The van der Waals surface area contributed by atoms with Crippen LogP contribution >= 0.6 is 11.6 Å². The first-order valence-electron chi connectivity index (χ1n) is 7.29. The van der Waals surface area contributed by atoms with E-state index in [1.54, 1.807) is 0 Å². The second-order valence-corrected chi connectivity index (χ2v) is 5.95. The largest absolute Gasteiger partial charge is 0.507 e. The second kappa shape index (κ2) is 7.04. The van der Waals surface area contributed by atoms with Crippen molar-refractivity contribution in [1.82, 2.24) is 0 Å². The molecule has 1 heterocycles. The number of rotatable bonds is 6. The van der Waals surface area contributed by atoms with Gasteiger partial charge in [-0.1, -0.05) is 11.6 Å². The highest BCUT2D eigenvalue weighted by Gasteiger charge is 2.31. The quantitative estimate of drug-likeness (QED) is 0.489. The number of fused-ring (bicyclic) bond motifs is 1. The molecule has 23 heavy (non-hydrogen) atoms. The van der Waals surface area contributed by atoms with Gasteiger partial charge in [-0.15, -0.1) is 0 Å². The number of halogens is 1. The molecule has 0 aliphatic carbocycles. The highest BCUT2D eigenvalue weighted by Crippen LogP contribution is 2.42. The van der Waals surface area contributed by atoms with E-state index < -0.39 is 5.97 Å². The Morgan fingerprint density at radius 3 is 2.74 bits per heavy atom. The SMILES string of the molecule is COc1c(C)c2c(c(O)c1CC=C(C)CCC(=O)Cl)C(=O)OC2. The van der Waals surface area contributed by atoms with Gasteiger partial charge in [0.2, 0.25) is 5.24 Å². The van der Waals surface area contributed by atoms with Crippen LogP contribution in [0.1, 0.15) is 46.8 Å². The zero-order chi connectivity index (χ0) is 17.1. The summed E-state index contributed by atoms with van der Waals surface area (Å²) >= 11 is 5.34. The summed E-state index contributed by atoms with van der Waals surface area (Å²) < 4.78 is 10.4. The molecule has 124 valence electrons. The summed E-state index contributed by atoms with van der Waals surface area (Å²) in [6, 6.07) is 0. The number of benzene rings is 1. The minimum Gasteiger partial charge on any atom is -0.507 e. The molecule has 0 unspecified atom stereocenters. The number of phenols is 1. The molecular formula is C17H19ClO5. The number of methoxy groups -OCH3 is 1. The molecule has 1 aliphatic heterocycles. The van der Waals surface area contributed by atoms with E-state index in [2.05, 4.69) is 0 Å². The maximum Gasteiger partial charge on any atom is 0.342 e. The Kier molecular flexibility index (Phi) is 5.31. The van der Waals surface area contributed by atoms with Gasteiger partial charge in [0.1, 0.15) is 23.7 Å². The van der Waals surface area contributed by atoms with Gasteiger partial charge in [0.05, 0.1) is 7.11 Å². The lowest BCUT2D eigenvalue weighted by Gasteiger charge is -2.15. The number of esters is 1. The van der Waals surface area contributed by atoms with Gasteiger partial charge < -0.3 is 14.6 Å². The van der Waals surface area contributed by atoms with Crippen molar-refractivity contribution >= 4 is 22.8 Å². The first kappa shape index (κ1) is 17.3. The maximum absolute atomic E-state index is 11.8. The Morgan fingerprint density at radius 1 is 1.43 bits per heavy atom. The summed E-state index contributed by atoms with van der Waals surface area (Å²) in [5.74, 6) is -0.0580. The monoisotopic (exact) mass is 338 g/mol. The second-order valence-electron chi connectivity index (χ2n) is 5.52. The predicted molar refractivity (Wildman–Crippen MR) is 86.1 cm³/mol. The maximum atomic E-state index is 11.8. The van der Waals surface area contributed by atoms with Gasteiger partial charge in [0, 0.05) is 17.5 Å². The first-order chi connectivity index (χ1) is 10.9. The molecule has 0 atom stereocenters. The summed E-state index contributed by atoms with van der Waals surface area (Å²) in [6.07, 6.45) is 3.10. The number of aromatic hydroxyl groups is 1. The van der Waals surface area contributed by atoms with E-state index in [4.69, 9.17) is 21.1 Å². The number of hydrogen-bond acceptors (Lipinski definition) is 5. The summed E-state index contributed by atoms with van der Waals surface area (Å²) in [5.41, 5.74) is 3.20. The Labute approximate surface area is 139 Å². The minimum atomic E-state index is -0.516. The predicted octanol–water partition coefficient (Wildman–Crippen LogP) is 3.41. The third kappa shape index (κ3) is 3.50. The first-order valence-corrected chi connectivity index (χ1v) is 7.67. The fourth-order valence-electron chi connectivity index (χ4n) is 2.70. The van der Waals surface area contributed by atoms with E-state index in [9.17, 15) is 14.7 Å². The number of carbonyl (C=O) groups excluding carboxylic acids is 2. The Morgan fingerprint density at radius 2 is 2.13 bits per heavy atom. The van der Waals surface area contributed by atoms with E-state index in [0.29, 0.717) is 29.7 Å². The van der Waals surface area contributed by atoms with Crippen LogP contribution in [0.3, 0.4) is 0 Å². The lowest BCUT2D eigenvalue weighted by atomic mass is 9.94. The third-order valence-corrected chi connectivity index (χ3v) is 4.21. The van der Waals surface area contributed by atoms with Gasteiger partial charge in [-0.25, -0.2) is 4.79 Å². The molecule has 0 aromatic heterocycles. The van der Waals surface area contributed by atoms with Crippen LogP contribution < -0.4 is 4.74 Å². The summed E-state index contributed by atoms with van der Waals surface area (Å²) in [5, 5.41) is 10.1. The molecule has 0 spiro atoms. The van der Waals surface area contributed by atoms with Crippen LogP contribution in [-0.2, 0) is 22.6 Å². The van der Waals surface area contributed by atoms with Crippen molar-refractivity contribution in [1.29, 1.82) is 0 Å². The topological polar surface area (TPSA) is 72.8 Å². The number of hydrogen-bond donors (Lipinski definition) is 1. The number of cyclic esters (lactones) is 1. The molecule has 1 aromatic rings. The molecule has 6 heteroatoms. The molecule has 0 fully saturated rings. The van der Waals surface area contributed by atoms with Crippen LogP contribution in [0.15, 0.2) is 11.6 Å². The molecular weight excluding hydrogens is 320 g/mol. The van der Waals surface area contributed by atoms with Gasteiger partial charge in [0.15, 0.2) is 0 Å². The van der Waals surface area contributed by atoms with Gasteiger partial charge >= 0.3 is 5.97 Å². The fourth-order valence-corrected chi connectivity index (χ4v) is 2.80. The summed E-state index contributed by atoms with van der Waals surface area (Å²) in [7, 11) is 1.53. The Bertz CT molecular complexity index is 691. The van der Waals surface area contributed by atoms with E-state index in [1.165, 1.54) is 7.11 Å².